The summed E-state index contributed by atoms with van der Waals surface area (Å²) in [5.74, 6) is 0.448. The number of likely N-dealkylation sites (tertiary alicyclic amines) is 1. The van der Waals surface area contributed by atoms with Crippen LogP contribution in [0.25, 0.3) is 11.0 Å². The number of piperidine rings is 1. The second kappa shape index (κ2) is 7.16. The maximum absolute atomic E-state index is 12.6. The van der Waals surface area contributed by atoms with E-state index in [1.807, 2.05) is 0 Å². The Kier molecular flexibility index (Phi) is 5.16. The summed E-state index contributed by atoms with van der Waals surface area (Å²) >= 11 is 6.21. The highest BCUT2D eigenvalue weighted by Crippen LogP contribution is 2.33. The number of hydrogen-bond acceptors (Lipinski definition) is 3. The summed E-state index contributed by atoms with van der Waals surface area (Å²) in [5.41, 5.74) is 1.51. The van der Waals surface area contributed by atoms with Crippen LogP contribution in [0.2, 0.25) is 5.02 Å². The molecule has 1 N–H and O–H groups in total. The standard InChI is InChI=1S/C19H24ClNO3/c1-3-5-13-8-17(22)24-19-14(13)9-16(20)18(23)15(19)11-21-7-4-6-12(2)10-21/h8-9,12,23H,3-7,10-11H2,1-2H3. The number of nitrogens with one attached hydrogen (secondary N) is 1. The molecule has 1 saturated heterocycles. The van der Waals surface area contributed by atoms with Crippen LogP contribution in [-0.2, 0) is 13.0 Å². The Hall–Kier alpha value is -1.52. The fraction of sp³-hybridized carbons (Fsp3) is 0.526. The second-order valence-corrected chi connectivity index (χ2v) is 7.42. The van der Waals surface area contributed by atoms with Crippen LogP contribution in [0, 0.1) is 5.92 Å². The number of halogens is 1. The van der Waals surface area contributed by atoms with Crippen molar-refractivity contribution in [3.05, 3.63) is 38.7 Å². The first kappa shape index (κ1) is 17.3. The van der Waals surface area contributed by atoms with Crippen LogP contribution >= 0.6 is 11.6 Å². The minimum atomic E-state index is -0.393. The van der Waals surface area contributed by atoms with Gasteiger partial charge in [-0.3, -0.25) is 0 Å². The van der Waals surface area contributed by atoms with Crippen molar-refractivity contribution in [2.45, 2.75) is 46.1 Å². The fourth-order valence-corrected chi connectivity index (χ4v) is 4.04. The smallest absolute Gasteiger partial charge is 0.336 e. The zero-order chi connectivity index (χ0) is 17.3. The van der Waals surface area contributed by atoms with Gasteiger partial charge < -0.3 is 14.4 Å². The Labute approximate surface area is 147 Å². The molecule has 2 aromatic rings. The summed E-state index contributed by atoms with van der Waals surface area (Å²) < 4.78 is 5.46. The molecule has 1 aromatic carbocycles. The Morgan fingerprint density at radius 3 is 2.92 bits per heavy atom. The first-order valence-electron chi connectivity index (χ1n) is 8.78. The van der Waals surface area contributed by atoms with Gasteiger partial charge in [-0.25, -0.2) is 4.79 Å². The van der Waals surface area contributed by atoms with Crippen molar-refractivity contribution in [1.82, 2.24) is 0 Å². The maximum atomic E-state index is 12.6. The monoisotopic (exact) mass is 349 g/mol. The van der Waals surface area contributed by atoms with Crippen molar-refractivity contribution in [3.63, 3.8) is 0 Å². The number of rotatable bonds is 4. The average molecular weight is 350 g/mol. The van der Waals surface area contributed by atoms with Gasteiger partial charge in [0.25, 0.3) is 0 Å². The molecule has 0 bridgehead atoms. The SMILES string of the molecule is CCCc1cc(=O)oc2c(C[NH+]3CCCC(C)C3)c([O-])c(Cl)cc12. The lowest BCUT2D eigenvalue weighted by atomic mass is 9.98. The molecule has 5 heteroatoms. The lowest BCUT2D eigenvalue weighted by Gasteiger charge is -2.29. The van der Waals surface area contributed by atoms with E-state index in [0.29, 0.717) is 23.6 Å². The second-order valence-electron chi connectivity index (χ2n) is 7.01. The predicted molar refractivity (Wildman–Crippen MR) is 93.7 cm³/mol. The van der Waals surface area contributed by atoms with E-state index < -0.39 is 5.63 Å². The van der Waals surface area contributed by atoms with Gasteiger partial charge >= 0.3 is 5.63 Å². The van der Waals surface area contributed by atoms with Gasteiger partial charge in [0, 0.05) is 28.0 Å². The van der Waals surface area contributed by atoms with Crippen molar-refractivity contribution in [2.24, 2.45) is 5.92 Å². The normalized spacial score (nSPS) is 21.3. The summed E-state index contributed by atoms with van der Waals surface area (Å²) in [6.45, 7) is 6.94. The lowest BCUT2D eigenvalue weighted by Crippen LogP contribution is -3.12. The Morgan fingerprint density at radius 2 is 2.21 bits per heavy atom. The molecule has 2 heterocycles. The molecule has 4 nitrogen and oxygen atoms in total. The van der Waals surface area contributed by atoms with E-state index in [1.165, 1.54) is 17.4 Å². The van der Waals surface area contributed by atoms with E-state index in [9.17, 15) is 9.90 Å². The first-order chi connectivity index (χ1) is 11.5. The van der Waals surface area contributed by atoms with E-state index in [-0.39, 0.29) is 10.8 Å². The molecular weight excluding hydrogens is 326 g/mol. The molecule has 0 spiro atoms. The molecule has 1 fully saturated rings. The van der Waals surface area contributed by atoms with Crippen LogP contribution in [-0.4, -0.2) is 13.1 Å². The van der Waals surface area contributed by atoms with Gasteiger partial charge in [-0.05, 0) is 30.9 Å². The molecule has 24 heavy (non-hydrogen) atoms. The van der Waals surface area contributed by atoms with Crippen LogP contribution in [0.15, 0.2) is 21.3 Å². The largest absolute Gasteiger partial charge is 0.871 e. The molecule has 1 aromatic heterocycles. The Morgan fingerprint density at radius 1 is 1.42 bits per heavy atom. The Balaban J connectivity index is 2.11. The number of fused-ring (bicyclic) bond motifs is 1. The summed E-state index contributed by atoms with van der Waals surface area (Å²) in [6, 6.07) is 3.18. The Bertz CT molecular complexity index is 799. The van der Waals surface area contributed by atoms with E-state index >= 15 is 0 Å². The van der Waals surface area contributed by atoms with E-state index in [4.69, 9.17) is 16.0 Å². The van der Waals surface area contributed by atoms with Gasteiger partial charge in [-0.2, -0.15) is 0 Å². The average Bonchev–Trinajstić information content (AvgIpc) is 2.53. The van der Waals surface area contributed by atoms with Gasteiger partial charge in [0.1, 0.15) is 12.1 Å². The van der Waals surface area contributed by atoms with Crippen LogP contribution in [0.3, 0.4) is 0 Å². The van der Waals surface area contributed by atoms with Crippen LogP contribution in [0.4, 0.5) is 0 Å². The lowest BCUT2D eigenvalue weighted by molar-refractivity contribution is -0.922. The van der Waals surface area contributed by atoms with Crippen LogP contribution < -0.4 is 15.6 Å². The molecule has 0 aliphatic carbocycles. The number of hydrogen-bond donors (Lipinski definition) is 1. The molecule has 0 radical (unpaired) electrons. The number of benzene rings is 1. The summed E-state index contributed by atoms with van der Waals surface area (Å²) in [5, 5.41) is 13.6. The zero-order valence-corrected chi connectivity index (χ0v) is 15.0. The predicted octanol–water partition coefficient (Wildman–Crippen LogP) is 2.29. The molecule has 2 atom stereocenters. The van der Waals surface area contributed by atoms with Crippen molar-refractivity contribution < 1.29 is 14.4 Å². The van der Waals surface area contributed by atoms with E-state index in [1.54, 1.807) is 6.07 Å². The highest BCUT2D eigenvalue weighted by Gasteiger charge is 2.22. The van der Waals surface area contributed by atoms with Crippen molar-refractivity contribution >= 4 is 22.6 Å². The number of aryl methyl sites for hydroxylation is 1. The van der Waals surface area contributed by atoms with Gasteiger partial charge in [-0.15, -0.1) is 0 Å². The molecule has 0 saturated carbocycles. The van der Waals surface area contributed by atoms with Crippen LogP contribution in [0.1, 0.15) is 44.2 Å². The minimum absolute atomic E-state index is 0.202. The summed E-state index contributed by atoms with van der Waals surface area (Å²) in [7, 11) is 0. The van der Waals surface area contributed by atoms with Crippen LogP contribution in [0.5, 0.6) is 5.75 Å². The van der Waals surface area contributed by atoms with E-state index in [0.717, 1.165) is 43.3 Å². The van der Waals surface area contributed by atoms with Gasteiger partial charge in [0.05, 0.1) is 13.1 Å². The molecule has 0 amide bonds. The third kappa shape index (κ3) is 3.45. The quantitative estimate of drug-likeness (QED) is 0.862. The van der Waals surface area contributed by atoms with E-state index in [2.05, 4.69) is 13.8 Å². The third-order valence-electron chi connectivity index (χ3n) is 4.93. The van der Waals surface area contributed by atoms with Gasteiger partial charge in [0.2, 0.25) is 0 Å². The first-order valence-corrected chi connectivity index (χ1v) is 9.16. The van der Waals surface area contributed by atoms with Crippen molar-refractivity contribution in [3.8, 4) is 5.75 Å². The van der Waals surface area contributed by atoms with Gasteiger partial charge in [-0.1, -0.05) is 37.6 Å². The highest BCUT2D eigenvalue weighted by atomic mass is 35.5. The molecule has 130 valence electrons. The topological polar surface area (TPSA) is 57.7 Å². The third-order valence-corrected chi connectivity index (χ3v) is 5.21. The molecule has 2 unspecified atom stereocenters. The zero-order valence-electron chi connectivity index (χ0n) is 14.3. The highest BCUT2D eigenvalue weighted by molar-refractivity contribution is 6.33. The number of quaternary nitrogens is 1. The molecule has 1 aliphatic heterocycles. The maximum Gasteiger partial charge on any atom is 0.336 e. The summed E-state index contributed by atoms with van der Waals surface area (Å²) in [4.78, 5) is 13.3. The fourth-order valence-electron chi connectivity index (χ4n) is 3.82. The van der Waals surface area contributed by atoms with Crippen molar-refractivity contribution in [2.75, 3.05) is 13.1 Å². The van der Waals surface area contributed by atoms with Crippen molar-refractivity contribution in [1.29, 1.82) is 0 Å². The van der Waals surface area contributed by atoms with Gasteiger partial charge in [0.15, 0.2) is 0 Å². The molecule has 3 rings (SSSR count). The minimum Gasteiger partial charge on any atom is -0.871 e. The molecule has 1 aliphatic rings. The summed E-state index contributed by atoms with van der Waals surface area (Å²) in [6.07, 6.45) is 4.08. The molecular formula is C19H24ClNO3.